The van der Waals surface area contributed by atoms with E-state index in [-0.39, 0.29) is 5.91 Å². The number of rotatable bonds is 5. The summed E-state index contributed by atoms with van der Waals surface area (Å²) in [4.78, 5) is 11.8. The molecule has 1 heterocycles. The highest BCUT2D eigenvalue weighted by atomic mass is 16.5. The normalized spacial score (nSPS) is 10.6. The summed E-state index contributed by atoms with van der Waals surface area (Å²) in [6.07, 6.45) is 3.17. The van der Waals surface area contributed by atoms with Crippen LogP contribution in [0.3, 0.4) is 0 Å². The van der Waals surface area contributed by atoms with Crippen molar-refractivity contribution < 1.29 is 14.3 Å². The van der Waals surface area contributed by atoms with Crippen LogP contribution in [0.2, 0.25) is 0 Å². The lowest BCUT2D eigenvalue weighted by Crippen LogP contribution is -2.18. The highest BCUT2D eigenvalue weighted by Crippen LogP contribution is 2.22. The standard InChI is InChI=1S/C14H16N4O3/c1-18-7-6-12(17-18)14(19)16-15-9-10-8-11(20-2)4-5-13(10)21-3/h4-9H,1-3H3,(H,16,19). The third-order valence-corrected chi connectivity index (χ3v) is 2.75. The highest BCUT2D eigenvalue weighted by molar-refractivity contribution is 5.93. The smallest absolute Gasteiger partial charge is 0.291 e. The van der Waals surface area contributed by atoms with Crippen LogP contribution in [0, 0.1) is 0 Å². The molecule has 110 valence electrons. The molecule has 21 heavy (non-hydrogen) atoms. The Hall–Kier alpha value is -2.83. The van der Waals surface area contributed by atoms with Crippen LogP contribution in [-0.4, -0.2) is 36.1 Å². The molecule has 0 aliphatic carbocycles. The topological polar surface area (TPSA) is 77.7 Å². The minimum Gasteiger partial charge on any atom is -0.497 e. The molecule has 0 spiro atoms. The third kappa shape index (κ3) is 3.59. The minimum atomic E-state index is -0.381. The molecule has 0 radical (unpaired) electrons. The number of methoxy groups -OCH3 is 2. The third-order valence-electron chi connectivity index (χ3n) is 2.75. The van der Waals surface area contributed by atoms with Crippen molar-refractivity contribution in [3.8, 4) is 11.5 Å². The van der Waals surface area contributed by atoms with Gasteiger partial charge in [0.1, 0.15) is 11.5 Å². The van der Waals surface area contributed by atoms with E-state index in [1.54, 1.807) is 56.4 Å². The predicted octanol–water partition coefficient (Wildman–Crippen LogP) is 1.20. The lowest BCUT2D eigenvalue weighted by molar-refractivity contribution is 0.0949. The number of amides is 1. The van der Waals surface area contributed by atoms with Gasteiger partial charge in [0.15, 0.2) is 5.69 Å². The van der Waals surface area contributed by atoms with E-state index in [1.165, 1.54) is 6.21 Å². The number of nitrogens with one attached hydrogen (secondary N) is 1. The van der Waals surface area contributed by atoms with Crippen LogP contribution in [0.5, 0.6) is 11.5 Å². The van der Waals surface area contributed by atoms with E-state index in [9.17, 15) is 4.79 Å². The molecule has 1 N–H and O–H groups in total. The van der Waals surface area contributed by atoms with Gasteiger partial charge < -0.3 is 9.47 Å². The fourth-order valence-electron chi connectivity index (χ4n) is 1.69. The lowest BCUT2D eigenvalue weighted by atomic mass is 10.2. The number of carbonyl (C=O) groups excluding carboxylic acids is 1. The van der Waals surface area contributed by atoms with E-state index >= 15 is 0 Å². The van der Waals surface area contributed by atoms with Crippen molar-refractivity contribution >= 4 is 12.1 Å². The summed E-state index contributed by atoms with van der Waals surface area (Å²) in [5, 5.41) is 7.89. The number of hydrogen-bond acceptors (Lipinski definition) is 5. The van der Waals surface area contributed by atoms with Gasteiger partial charge in [-0.05, 0) is 24.3 Å². The monoisotopic (exact) mass is 288 g/mol. The van der Waals surface area contributed by atoms with Gasteiger partial charge in [-0.1, -0.05) is 0 Å². The molecule has 0 aliphatic heterocycles. The second-order valence-corrected chi connectivity index (χ2v) is 4.18. The molecule has 1 amide bonds. The molecular formula is C14H16N4O3. The van der Waals surface area contributed by atoms with Gasteiger partial charge in [-0.25, -0.2) is 5.43 Å². The van der Waals surface area contributed by atoms with Gasteiger partial charge in [0.05, 0.1) is 20.4 Å². The maximum atomic E-state index is 11.8. The molecule has 2 aromatic rings. The number of aromatic nitrogens is 2. The molecule has 7 nitrogen and oxygen atoms in total. The van der Waals surface area contributed by atoms with Crippen LogP contribution in [0.25, 0.3) is 0 Å². The number of aryl methyl sites for hydroxylation is 1. The van der Waals surface area contributed by atoms with Crippen LogP contribution in [0.4, 0.5) is 0 Å². The van der Waals surface area contributed by atoms with Crippen molar-refractivity contribution in [3.05, 3.63) is 41.7 Å². The van der Waals surface area contributed by atoms with E-state index in [4.69, 9.17) is 9.47 Å². The minimum absolute atomic E-state index is 0.298. The van der Waals surface area contributed by atoms with Crippen molar-refractivity contribution in [2.45, 2.75) is 0 Å². The highest BCUT2D eigenvalue weighted by Gasteiger charge is 2.07. The average molecular weight is 288 g/mol. The fraction of sp³-hybridized carbons (Fsp3) is 0.214. The molecule has 0 fully saturated rings. The Labute approximate surface area is 122 Å². The first-order chi connectivity index (χ1) is 10.1. The molecule has 0 saturated heterocycles. The Morgan fingerprint density at radius 3 is 2.76 bits per heavy atom. The fourth-order valence-corrected chi connectivity index (χ4v) is 1.69. The molecule has 0 atom stereocenters. The van der Waals surface area contributed by atoms with Crippen LogP contribution in [0.1, 0.15) is 16.1 Å². The van der Waals surface area contributed by atoms with Gasteiger partial charge in [0, 0.05) is 18.8 Å². The maximum Gasteiger partial charge on any atom is 0.291 e. The van der Waals surface area contributed by atoms with Crippen molar-refractivity contribution in [1.29, 1.82) is 0 Å². The Morgan fingerprint density at radius 2 is 2.14 bits per heavy atom. The number of hydrazone groups is 1. The molecule has 7 heteroatoms. The van der Waals surface area contributed by atoms with Gasteiger partial charge >= 0.3 is 0 Å². The van der Waals surface area contributed by atoms with Gasteiger partial charge in [-0.2, -0.15) is 10.2 Å². The Balaban J connectivity index is 2.08. The van der Waals surface area contributed by atoms with Crippen LogP contribution in [0.15, 0.2) is 35.6 Å². The molecule has 0 bridgehead atoms. The Morgan fingerprint density at radius 1 is 1.33 bits per heavy atom. The molecule has 2 rings (SSSR count). The van der Waals surface area contributed by atoms with Crippen LogP contribution >= 0.6 is 0 Å². The van der Waals surface area contributed by atoms with E-state index in [2.05, 4.69) is 15.6 Å². The summed E-state index contributed by atoms with van der Waals surface area (Å²) in [6, 6.07) is 6.91. The summed E-state index contributed by atoms with van der Waals surface area (Å²) in [6.45, 7) is 0. The van der Waals surface area contributed by atoms with E-state index in [1.807, 2.05) is 0 Å². The van der Waals surface area contributed by atoms with Gasteiger partial charge in [0.25, 0.3) is 5.91 Å². The first-order valence-corrected chi connectivity index (χ1v) is 6.19. The Bertz CT molecular complexity index is 664. The summed E-state index contributed by atoms with van der Waals surface area (Å²) in [7, 11) is 4.87. The summed E-state index contributed by atoms with van der Waals surface area (Å²) in [5.74, 6) is 0.925. The number of benzene rings is 1. The molecule has 0 saturated carbocycles. The quantitative estimate of drug-likeness (QED) is 0.662. The van der Waals surface area contributed by atoms with E-state index < -0.39 is 0 Å². The van der Waals surface area contributed by atoms with Gasteiger partial charge in [-0.3, -0.25) is 9.48 Å². The van der Waals surface area contributed by atoms with E-state index in [0.29, 0.717) is 22.8 Å². The average Bonchev–Trinajstić information content (AvgIpc) is 2.93. The zero-order chi connectivity index (χ0) is 15.2. The lowest BCUT2D eigenvalue weighted by Gasteiger charge is -2.06. The first-order valence-electron chi connectivity index (χ1n) is 6.19. The van der Waals surface area contributed by atoms with E-state index in [0.717, 1.165) is 0 Å². The van der Waals surface area contributed by atoms with Crippen molar-refractivity contribution in [2.75, 3.05) is 14.2 Å². The second kappa shape index (κ2) is 6.56. The molecule has 0 aliphatic rings. The second-order valence-electron chi connectivity index (χ2n) is 4.18. The summed E-state index contributed by atoms with van der Waals surface area (Å²) < 4.78 is 11.9. The Kier molecular flexibility index (Phi) is 4.55. The number of carbonyl (C=O) groups is 1. The van der Waals surface area contributed by atoms with Gasteiger partial charge in [-0.15, -0.1) is 0 Å². The number of ether oxygens (including phenoxy) is 2. The van der Waals surface area contributed by atoms with Crippen molar-refractivity contribution in [1.82, 2.24) is 15.2 Å². The summed E-state index contributed by atoms with van der Waals surface area (Å²) >= 11 is 0. The van der Waals surface area contributed by atoms with Gasteiger partial charge in [0.2, 0.25) is 0 Å². The molecular weight excluding hydrogens is 272 g/mol. The maximum absolute atomic E-state index is 11.8. The van der Waals surface area contributed by atoms with Crippen molar-refractivity contribution in [3.63, 3.8) is 0 Å². The number of hydrogen-bond donors (Lipinski definition) is 1. The largest absolute Gasteiger partial charge is 0.497 e. The summed E-state index contributed by atoms with van der Waals surface area (Å²) in [5.41, 5.74) is 3.40. The molecule has 0 unspecified atom stereocenters. The van der Waals surface area contributed by atoms with Crippen LogP contribution < -0.4 is 14.9 Å². The molecule has 1 aromatic heterocycles. The number of nitrogens with zero attached hydrogens (tertiary/aromatic N) is 3. The van der Waals surface area contributed by atoms with Crippen LogP contribution in [-0.2, 0) is 7.05 Å². The SMILES string of the molecule is COc1ccc(OC)c(C=NNC(=O)c2ccn(C)n2)c1. The molecule has 1 aromatic carbocycles. The zero-order valence-electron chi connectivity index (χ0n) is 12.0. The zero-order valence-corrected chi connectivity index (χ0v) is 12.0. The predicted molar refractivity (Wildman–Crippen MR) is 77.8 cm³/mol. The van der Waals surface area contributed by atoms with Crippen molar-refractivity contribution in [2.24, 2.45) is 12.1 Å². The first kappa shape index (κ1) is 14.6.